The van der Waals surface area contributed by atoms with Crippen LogP contribution in [0.3, 0.4) is 0 Å². The van der Waals surface area contributed by atoms with E-state index in [1.807, 2.05) is 36.4 Å². The van der Waals surface area contributed by atoms with E-state index in [1.165, 1.54) is 16.7 Å². The Kier molecular flexibility index (Phi) is 6.73. The molecule has 0 amide bonds. The smallest absolute Gasteiger partial charge is 0.0690 e. The molecule has 0 fully saturated rings. The summed E-state index contributed by atoms with van der Waals surface area (Å²) in [6.07, 6.45) is 2.18. The van der Waals surface area contributed by atoms with Gasteiger partial charge in [-0.1, -0.05) is 132 Å². The van der Waals surface area contributed by atoms with Crippen LogP contribution in [0.2, 0.25) is 0 Å². The van der Waals surface area contributed by atoms with Gasteiger partial charge in [0.2, 0.25) is 0 Å². The van der Waals surface area contributed by atoms with Gasteiger partial charge >= 0.3 is 0 Å². The third kappa shape index (κ3) is 5.11. The largest absolute Gasteiger partial charge is 0.300 e. The fraction of sp³-hybridized carbons (Fsp3) is 0.0571. The number of hydrogen-bond acceptors (Lipinski definition) is 1. The average molecular weight is 464 g/mol. The summed E-state index contributed by atoms with van der Waals surface area (Å²) in [7, 11) is 0. The molecule has 0 aromatic heterocycles. The Balaban J connectivity index is 1.72. The van der Waals surface area contributed by atoms with Crippen molar-refractivity contribution in [2.45, 2.75) is 13.8 Å². The molecule has 1 nitrogen and oxygen atoms in total. The standard InChI is InChI=1S/C35H29N/c1-25-13-17-27(18-14-25)31-21-22-33(28-9-5-3-6-10-28)32(23-31)24-34(29-19-15-26(2)16-20-29)35(36)30-11-7-4-8-12-30/h3-24,36H,1-2H3/b34-24-,36-35?. The molecular formula is C35H29N. The lowest BCUT2D eigenvalue weighted by molar-refractivity contribution is 1.44. The first kappa shape index (κ1) is 23.3. The van der Waals surface area contributed by atoms with Crippen molar-refractivity contribution in [3.8, 4) is 22.3 Å². The first-order valence-corrected chi connectivity index (χ1v) is 12.3. The van der Waals surface area contributed by atoms with Crippen LogP contribution in [0.15, 0.2) is 127 Å². The maximum atomic E-state index is 9.18. The van der Waals surface area contributed by atoms with Crippen molar-refractivity contribution in [2.75, 3.05) is 0 Å². The Bertz CT molecular complexity index is 1510. The van der Waals surface area contributed by atoms with Crippen LogP contribution in [0.5, 0.6) is 0 Å². The van der Waals surface area contributed by atoms with Crippen LogP contribution in [0.25, 0.3) is 33.9 Å². The highest BCUT2D eigenvalue weighted by molar-refractivity contribution is 6.34. The summed E-state index contributed by atoms with van der Waals surface area (Å²) in [6, 6.07) is 44.2. The monoisotopic (exact) mass is 463 g/mol. The second-order valence-electron chi connectivity index (χ2n) is 9.20. The zero-order chi connectivity index (χ0) is 24.9. The van der Waals surface area contributed by atoms with E-state index in [4.69, 9.17) is 0 Å². The van der Waals surface area contributed by atoms with Gasteiger partial charge < -0.3 is 0 Å². The van der Waals surface area contributed by atoms with Crippen LogP contribution >= 0.6 is 0 Å². The highest BCUT2D eigenvalue weighted by Crippen LogP contribution is 2.33. The minimum Gasteiger partial charge on any atom is -0.300 e. The Morgan fingerprint density at radius 2 is 1.08 bits per heavy atom. The Morgan fingerprint density at radius 1 is 0.528 bits per heavy atom. The van der Waals surface area contributed by atoms with Crippen LogP contribution in [0.1, 0.15) is 27.8 Å². The predicted octanol–water partition coefficient (Wildman–Crippen LogP) is 9.25. The fourth-order valence-electron chi connectivity index (χ4n) is 4.44. The molecule has 5 rings (SSSR count). The molecule has 0 aliphatic carbocycles. The molecule has 0 unspecified atom stereocenters. The number of allylic oxidation sites excluding steroid dienone is 1. The van der Waals surface area contributed by atoms with Crippen molar-refractivity contribution in [3.63, 3.8) is 0 Å². The topological polar surface area (TPSA) is 23.9 Å². The lowest BCUT2D eigenvalue weighted by Crippen LogP contribution is -2.03. The first-order valence-electron chi connectivity index (χ1n) is 12.3. The lowest BCUT2D eigenvalue weighted by Gasteiger charge is -2.15. The van der Waals surface area contributed by atoms with Gasteiger partial charge in [-0.05, 0) is 59.4 Å². The van der Waals surface area contributed by atoms with E-state index in [0.717, 1.165) is 39.0 Å². The minimum absolute atomic E-state index is 0.513. The molecule has 0 aliphatic rings. The molecule has 174 valence electrons. The van der Waals surface area contributed by atoms with Crippen molar-refractivity contribution in [2.24, 2.45) is 0 Å². The first-order chi connectivity index (χ1) is 17.6. The second-order valence-corrected chi connectivity index (χ2v) is 9.20. The molecule has 0 spiro atoms. The molecule has 0 saturated heterocycles. The van der Waals surface area contributed by atoms with Crippen LogP contribution in [0, 0.1) is 19.3 Å². The van der Waals surface area contributed by atoms with Gasteiger partial charge in [0.25, 0.3) is 0 Å². The zero-order valence-electron chi connectivity index (χ0n) is 20.7. The predicted molar refractivity (Wildman–Crippen MR) is 154 cm³/mol. The fourth-order valence-corrected chi connectivity index (χ4v) is 4.44. The molecule has 5 aromatic rings. The van der Waals surface area contributed by atoms with Gasteiger partial charge in [-0.2, -0.15) is 0 Å². The lowest BCUT2D eigenvalue weighted by atomic mass is 9.89. The Labute approximate surface area is 213 Å². The van der Waals surface area contributed by atoms with Gasteiger partial charge in [0.1, 0.15) is 0 Å². The highest BCUT2D eigenvalue weighted by atomic mass is 14.4. The van der Waals surface area contributed by atoms with Gasteiger partial charge in [0.05, 0.1) is 5.71 Å². The third-order valence-electron chi connectivity index (χ3n) is 6.52. The van der Waals surface area contributed by atoms with E-state index in [1.54, 1.807) is 0 Å². The Morgan fingerprint density at radius 3 is 1.72 bits per heavy atom. The van der Waals surface area contributed by atoms with Gasteiger partial charge in [-0.25, -0.2) is 0 Å². The quantitative estimate of drug-likeness (QED) is 0.192. The molecule has 5 aromatic carbocycles. The van der Waals surface area contributed by atoms with E-state index < -0.39 is 0 Å². The highest BCUT2D eigenvalue weighted by Gasteiger charge is 2.14. The van der Waals surface area contributed by atoms with Crippen molar-refractivity contribution in [1.29, 1.82) is 5.41 Å². The minimum atomic E-state index is 0.513. The molecule has 1 heteroatoms. The van der Waals surface area contributed by atoms with Gasteiger partial charge in [-0.3, -0.25) is 5.41 Å². The summed E-state index contributed by atoms with van der Waals surface area (Å²) < 4.78 is 0. The van der Waals surface area contributed by atoms with Crippen molar-refractivity contribution in [1.82, 2.24) is 0 Å². The van der Waals surface area contributed by atoms with Crippen LogP contribution in [0.4, 0.5) is 0 Å². The summed E-state index contributed by atoms with van der Waals surface area (Å²) in [5.41, 5.74) is 11.6. The Hall–Kier alpha value is -4.49. The van der Waals surface area contributed by atoms with E-state index in [0.29, 0.717) is 5.71 Å². The van der Waals surface area contributed by atoms with Gasteiger partial charge in [0.15, 0.2) is 0 Å². The molecule has 0 aliphatic heterocycles. The summed E-state index contributed by atoms with van der Waals surface area (Å²) in [5, 5.41) is 9.18. The summed E-state index contributed by atoms with van der Waals surface area (Å²) in [5.74, 6) is 0. The maximum Gasteiger partial charge on any atom is 0.0690 e. The number of benzene rings is 5. The van der Waals surface area contributed by atoms with Gasteiger partial charge in [0, 0.05) is 11.1 Å². The van der Waals surface area contributed by atoms with E-state index in [-0.39, 0.29) is 0 Å². The molecule has 0 bridgehead atoms. The van der Waals surface area contributed by atoms with Crippen molar-refractivity contribution < 1.29 is 0 Å². The van der Waals surface area contributed by atoms with Crippen molar-refractivity contribution >= 4 is 17.4 Å². The third-order valence-corrected chi connectivity index (χ3v) is 6.52. The van der Waals surface area contributed by atoms with E-state index in [2.05, 4.69) is 111 Å². The van der Waals surface area contributed by atoms with Crippen molar-refractivity contribution in [3.05, 3.63) is 155 Å². The molecular weight excluding hydrogens is 434 g/mol. The molecule has 0 saturated carbocycles. The van der Waals surface area contributed by atoms with E-state index in [9.17, 15) is 5.41 Å². The summed E-state index contributed by atoms with van der Waals surface area (Å²) >= 11 is 0. The number of aryl methyl sites for hydroxylation is 2. The van der Waals surface area contributed by atoms with Crippen LogP contribution in [-0.4, -0.2) is 5.71 Å². The SMILES string of the molecule is Cc1ccc(/C(=C/c2cc(-c3ccc(C)cc3)ccc2-c2ccccc2)C(=N)c2ccccc2)cc1. The molecule has 36 heavy (non-hydrogen) atoms. The van der Waals surface area contributed by atoms with Gasteiger partial charge in [-0.15, -0.1) is 0 Å². The second kappa shape index (κ2) is 10.4. The summed E-state index contributed by atoms with van der Waals surface area (Å²) in [4.78, 5) is 0. The number of hydrogen-bond donors (Lipinski definition) is 1. The molecule has 0 atom stereocenters. The maximum absolute atomic E-state index is 9.18. The zero-order valence-corrected chi connectivity index (χ0v) is 20.7. The van der Waals surface area contributed by atoms with Crippen LogP contribution in [-0.2, 0) is 0 Å². The average Bonchev–Trinajstić information content (AvgIpc) is 2.93. The number of nitrogens with one attached hydrogen (secondary N) is 1. The summed E-state index contributed by atoms with van der Waals surface area (Å²) in [6.45, 7) is 4.20. The normalized spacial score (nSPS) is 11.3. The molecule has 0 heterocycles. The van der Waals surface area contributed by atoms with E-state index >= 15 is 0 Å². The van der Waals surface area contributed by atoms with Crippen LogP contribution < -0.4 is 0 Å². The molecule has 0 radical (unpaired) electrons. The molecule has 1 N–H and O–H groups in total. The number of rotatable bonds is 6.